The molecule has 190 valence electrons. The molecule has 5 heteroatoms. The van der Waals surface area contributed by atoms with Crippen molar-refractivity contribution in [2.24, 2.45) is 0 Å². The fourth-order valence-corrected chi connectivity index (χ4v) is 7.04. The van der Waals surface area contributed by atoms with Crippen LogP contribution in [0.15, 0.2) is 103 Å². The molecule has 0 bridgehead atoms. The summed E-state index contributed by atoms with van der Waals surface area (Å²) in [6, 6.07) is 34.2. The molecule has 0 unspecified atom stereocenters. The summed E-state index contributed by atoms with van der Waals surface area (Å²) >= 11 is 0. The maximum Gasteiger partial charge on any atom is 0.260 e. The molecule has 0 saturated carbocycles. The molecule has 3 aliphatic rings. The van der Waals surface area contributed by atoms with Crippen molar-refractivity contribution in [2.75, 3.05) is 0 Å². The summed E-state index contributed by atoms with van der Waals surface area (Å²) in [6.45, 7) is 0.0223. The number of hydrogen-bond acceptors (Lipinski definition) is 3. The molecular formula is C35H25BN2O2. The van der Waals surface area contributed by atoms with Gasteiger partial charge in [0.2, 0.25) is 0 Å². The van der Waals surface area contributed by atoms with Gasteiger partial charge in [0.15, 0.2) is 0 Å². The SMILES string of the molecule is c1ccc(-c2ccc3c(c2)Oc2cccc4c2B3c2cc(-n3c5c(c6ccccc63)CCCC5)ccc2O4)nc1. The first kappa shape index (κ1) is 22.1. The van der Waals surface area contributed by atoms with Crippen LogP contribution < -0.4 is 25.9 Å². The second kappa shape index (κ2) is 8.37. The highest BCUT2D eigenvalue weighted by molar-refractivity contribution is 6.98. The molecule has 0 spiro atoms. The molecule has 4 heterocycles. The van der Waals surface area contributed by atoms with Gasteiger partial charge in [-0.1, -0.05) is 42.5 Å². The molecule has 2 aromatic heterocycles. The first-order chi connectivity index (χ1) is 19.8. The molecule has 0 atom stereocenters. The smallest absolute Gasteiger partial charge is 0.260 e. The Bertz CT molecular complexity index is 1980. The third-order valence-corrected chi connectivity index (χ3v) is 8.78. The molecule has 2 aliphatic heterocycles. The van der Waals surface area contributed by atoms with Crippen molar-refractivity contribution in [1.29, 1.82) is 0 Å². The van der Waals surface area contributed by atoms with Crippen molar-refractivity contribution in [3.8, 4) is 39.9 Å². The Morgan fingerprint density at radius 2 is 1.52 bits per heavy atom. The van der Waals surface area contributed by atoms with Gasteiger partial charge in [-0.15, -0.1) is 0 Å². The Balaban J connectivity index is 1.25. The predicted molar refractivity (Wildman–Crippen MR) is 161 cm³/mol. The van der Waals surface area contributed by atoms with E-state index in [0.717, 1.165) is 58.0 Å². The summed E-state index contributed by atoms with van der Waals surface area (Å²) in [5.74, 6) is 3.50. The van der Waals surface area contributed by atoms with E-state index in [0.29, 0.717) is 0 Å². The summed E-state index contributed by atoms with van der Waals surface area (Å²) in [7, 11) is 0. The largest absolute Gasteiger partial charge is 0.458 e. The Labute approximate surface area is 232 Å². The number of para-hydroxylation sites is 1. The summed E-state index contributed by atoms with van der Waals surface area (Å²) in [6.07, 6.45) is 6.59. The van der Waals surface area contributed by atoms with Crippen molar-refractivity contribution < 1.29 is 9.47 Å². The lowest BCUT2D eigenvalue weighted by molar-refractivity contribution is 0.464. The van der Waals surface area contributed by atoms with E-state index in [-0.39, 0.29) is 6.71 Å². The Hall–Kier alpha value is -4.77. The first-order valence-corrected chi connectivity index (χ1v) is 14.1. The molecule has 0 saturated heterocycles. The molecule has 1 aliphatic carbocycles. The van der Waals surface area contributed by atoms with Gasteiger partial charge in [-0.05, 0) is 96.8 Å². The highest BCUT2D eigenvalue weighted by Crippen LogP contribution is 2.38. The molecule has 4 aromatic carbocycles. The van der Waals surface area contributed by atoms with E-state index in [1.807, 2.05) is 30.5 Å². The van der Waals surface area contributed by atoms with Gasteiger partial charge in [-0.3, -0.25) is 4.98 Å². The van der Waals surface area contributed by atoms with E-state index in [1.165, 1.54) is 46.2 Å². The Kier molecular flexibility index (Phi) is 4.62. The third-order valence-electron chi connectivity index (χ3n) is 8.78. The maximum absolute atomic E-state index is 6.52. The van der Waals surface area contributed by atoms with Crippen LogP contribution >= 0.6 is 0 Å². The number of hydrogen-bond donors (Lipinski definition) is 0. The van der Waals surface area contributed by atoms with E-state index < -0.39 is 0 Å². The minimum absolute atomic E-state index is 0.0223. The van der Waals surface area contributed by atoms with Crippen LogP contribution in [-0.2, 0) is 12.8 Å². The molecule has 0 amide bonds. The van der Waals surface area contributed by atoms with Crippen LogP contribution in [0.5, 0.6) is 23.0 Å². The quantitative estimate of drug-likeness (QED) is 0.253. The van der Waals surface area contributed by atoms with Crippen LogP contribution in [0.2, 0.25) is 0 Å². The molecule has 40 heavy (non-hydrogen) atoms. The molecule has 4 nitrogen and oxygen atoms in total. The van der Waals surface area contributed by atoms with Crippen LogP contribution in [-0.4, -0.2) is 16.3 Å². The van der Waals surface area contributed by atoms with Crippen molar-refractivity contribution >= 4 is 34.0 Å². The Morgan fingerprint density at radius 3 is 2.42 bits per heavy atom. The molecule has 6 aromatic rings. The second-order valence-electron chi connectivity index (χ2n) is 11.0. The van der Waals surface area contributed by atoms with Gasteiger partial charge in [0, 0.05) is 34.0 Å². The average Bonchev–Trinajstić information content (AvgIpc) is 3.35. The predicted octanol–water partition coefficient (Wildman–Crippen LogP) is 6.30. The number of fused-ring (bicyclic) bond motifs is 7. The number of rotatable bonds is 2. The van der Waals surface area contributed by atoms with E-state index in [9.17, 15) is 0 Å². The fourth-order valence-electron chi connectivity index (χ4n) is 7.04. The van der Waals surface area contributed by atoms with Crippen molar-refractivity contribution in [2.45, 2.75) is 25.7 Å². The number of ether oxygens (including phenoxy) is 2. The maximum atomic E-state index is 6.52. The van der Waals surface area contributed by atoms with Gasteiger partial charge in [0.05, 0.1) is 11.2 Å². The van der Waals surface area contributed by atoms with Gasteiger partial charge in [-0.2, -0.15) is 0 Å². The molecular weight excluding hydrogens is 491 g/mol. The van der Waals surface area contributed by atoms with Crippen LogP contribution in [0.4, 0.5) is 0 Å². The number of aryl methyl sites for hydroxylation is 1. The average molecular weight is 516 g/mol. The van der Waals surface area contributed by atoms with Crippen molar-refractivity contribution in [1.82, 2.24) is 9.55 Å². The highest BCUT2D eigenvalue weighted by atomic mass is 16.5. The lowest BCUT2D eigenvalue weighted by Crippen LogP contribution is -2.57. The lowest BCUT2D eigenvalue weighted by Gasteiger charge is -2.33. The van der Waals surface area contributed by atoms with Crippen LogP contribution in [0, 0.1) is 0 Å². The zero-order valence-electron chi connectivity index (χ0n) is 21.9. The normalized spacial score (nSPS) is 14.4. The molecule has 0 fully saturated rings. The standard InChI is InChI=1S/C35H25BN2O2/c1-3-11-29-24(8-1)25-9-2-4-12-30(25)38(29)23-16-18-31-27(21-23)36-26-17-15-22(28-10-5-6-19-37-28)20-34(26)40-33-14-7-13-32(39-31)35(33)36/h1,3,5-8,10-11,13-21H,2,4,9,12H2. The number of benzene rings is 4. The van der Waals surface area contributed by atoms with E-state index in [1.54, 1.807) is 0 Å². The summed E-state index contributed by atoms with van der Waals surface area (Å²) in [4.78, 5) is 4.56. The zero-order valence-corrected chi connectivity index (χ0v) is 21.9. The topological polar surface area (TPSA) is 36.3 Å². The van der Waals surface area contributed by atoms with E-state index in [2.05, 4.69) is 82.3 Å². The summed E-state index contributed by atoms with van der Waals surface area (Å²) in [5.41, 5.74) is 10.9. The molecule has 0 radical (unpaired) electrons. The minimum atomic E-state index is 0.0223. The summed E-state index contributed by atoms with van der Waals surface area (Å²) < 4.78 is 15.5. The molecule has 0 N–H and O–H groups in total. The number of pyridine rings is 1. The van der Waals surface area contributed by atoms with Gasteiger partial charge in [0.1, 0.15) is 23.0 Å². The van der Waals surface area contributed by atoms with E-state index >= 15 is 0 Å². The van der Waals surface area contributed by atoms with Crippen LogP contribution in [0.1, 0.15) is 24.1 Å². The number of nitrogens with zero attached hydrogens (tertiary/aromatic N) is 2. The van der Waals surface area contributed by atoms with Gasteiger partial charge in [-0.25, -0.2) is 0 Å². The van der Waals surface area contributed by atoms with Crippen molar-refractivity contribution in [3.05, 3.63) is 115 Å². The summed E-state index contributed by atoms with van der Waals surface area (Å²) in [5, 5.41) is 1.39. The van der Waals surface area contributed by atoms with Crippen LogP contribution in [0.25, 0.3) is 27.8 Å². The van der Waals surface area contributed by atoms with Crippen molar-refractivity contribution in [3.63, 3.8) is 0 Å². The third kappa shape index (κ3) is 3.12. The van der Waals surface area contributed by atoms with Gasteiger partial charge >= 0.3 is 0 Å². The highest BCUT2D eigenvalue weighted by Gasteiger charge is 2.40. The van der Waals surface area contributed by atoms with Gasteiger partial charge < -0.3 is 14.0 Å². The Morgan fingerprint density at radius 1 is 0.675 bits per heavy atom. The number of aromatic nitrogens is 2. The van der Waals surface area contributed by atoms with E-state index in [4.69, 9.17) is 9.47 Å². The lowest BCUT2D eigenvalue weighted by atomic mass is 9.35. The zero-order chi connectivity index (χ0) is 26.2. The fraction of sp³-hybridized carbons (Fsp3) is 0.114. The minimum Gasteiger partial charge on any atom is -0.458 e. The second-order valence-corrected chi connectivity index (χ2v) is 11.0. The first-order valence-electron chi connectivity index (χ1n) is 14.1. The van der Waals surface area contributed by atoms with Gasteiger partial charge in [0.25, 0.3) is 6.71 Å². The van der Waals surface area contributed by atoms with Crippen LogP contribution in [0.3, 0.4) is 0 Å². The molecule has 9 rings (SSSR count). The monoisotopic (exact) mass is 516 g/mol.